The number of ether oxygens (including phenoxy) is 2. The number of nitrogens with two attached hydrogens (primary N) is 1. The molecule has 1 aromatic carbocycles. The summed E-state index contributed by atoms with van der Waals surface area (Å²) in [6, 6.07) is 3.24. The molecule has 64 heavy (non-hydrogen) atoms. The van der Waals surface area contributed by atoms with Gasteiger partial charge < -0.3 is 56.4 Å². The summed E-state index contributed by atoms with van der Waals surface area (Å²) in [6.07, 6.45) is 6.23. The van der Waals surface area contributed by atoms with E-state index in [2.05, 4.69) is 31.2 Å². The highest BCUT2D eigenvalue weighted by atomic mass is 31.2. The van der Waals surface area contributed by atoms with E-state index < -0.39 is 80.3 Å². The molecule has 7 atom stereocenters. The predicted octanol–water partition coefficient (Wildman–Crippen LogP) is 0.784. The lowest BCUT2D eigenvalue weighted by Gasteiger charge is -2.29. The molecular formula is C42H67N8O13P. The molecule has 0 bridgehead atoms. The van der Waals surface area contributed by atoms with Gasteiger partial charge in [0.2, 0.25) is 35.4 Å². The van der Waals surface area contributed by atoms with Crippen LogP contribution in [0.4, 0.5) is 0 Å². The Balaban J connectivity index is 1.61. The van der Waals surface area contributed by atoms with Gasteiger partial charge in [-0.05, 0) is 56.9 Å². The molecule has 1 aliphatic heterocycles. The standard InChI is InChI=1S/C42H67N8O13P/c1-28(2)23-32(47-42(57)35-16-12-18-50(35)36(52)17-20-61-22-21-60-4)39(54)46-33(24-31-25-44-27-45-31)40(55)48-34(26-51)41(56)49-37(38(43)53)29(3)63-64(58,59)62-19-11-6-5-8-13-30-14-9-7-10-15-30/h7,9-10,14-15,25,27-29,32-35,37,51H,5-6,8,11-13,16-24,26H2,1-4H3,(H2,43,53)(H,44,45)(H,46,54)(H,47,57)(H,48,55)(H,49,56)(H,58,59)/t29-,32+,33+,34+,35+,37+/m1/s1. The summed E-state index contributed by atoms with van der Waals surface area (Å²) in [5.74, 6) is -4.81. The Morgan fingerprint density at radius 2 is 1.59 bits per heavy atom. The van der Waals surface area contributed by atoms with Crippen molar-refractivity contribution in [3.63, 3.8) is 0 Å². The number of H-pyrrole nitrogens is 1. The smallest absolute Gasteiger partial charge is 0.394 e. The number of phosphoric ester groups is 1. The molecule has 6 amide bonds. The van der Waals surface area contributed by atoms with Gasteiger partial charge in [-0.2, -0.15) is 0 Å². The lowest BCUT2D eigenvalue weighted by Crippen LogP contribution is -2.61. The Hall–Kier alpha value is -4.76. The number of imidazole rings is 1. The van der Waals surface area contributed by atoms with Crippen molar-refractivity contribution in [3.05, 3.63) is 54.1 Å². The van der Waals surface area contributed by atoms with Crippen molar-refractivity contribution in [1.29, 1.82) is 0 Å². The van der Waals surface area contributed by atoms with Gasteiger partial charge in [0.05, 0.1) is 51.9 Å². The van der Waals surface area contributed by atoms with Crippen LogP contribution in [0.2, 0.25) is 0 Å². The van der Waals surface area contributed by atoms with Crippen molar-refractivity contribution in [2.75, 3.05) is 46.7 Å². The summed E-state index contributed by atoms with van der Waals surface area (Å²) in [5, 5.41) is 20.2. The fraction of sp³-hybridized carbons (Fsp3) is 0.643. The molecule has 1 saturated heterocycles. The number of phosphoric acid groups is 1. The van der Waals surface area contributed by atoms with Crippen LogP contribution in [0, 0.1) is 5.92 Å². The molecule has 1 aliphatic rings. The number of aromatic amines is 1. The lowest BCUT2D eigenvalue weighted by atomic mass is 10.0. The van der Waals surface area contributed by atoms with Crippen LogP contribution in [0.5, 0.6) is 0 Å². The van der Waals surface area contributed by atoms with Crippen LogP contribution in [-0.4, -0.2) is 143 Å². The number of likely N-dealkylation sites (tertiary alicyclic amines) is 1. The number of nitrogens with zero attached hydrogens (tertiary/aromatic N) is 2. The maximum absolute atomic E-state index is 13.9. The summed E-state index contributed by atoms with van der Waals surface area (Å²) < 4.78 is 33.3. The number of nitrogens with one attached hydrogen (secondary N) is 5. The maximum Gasteiger partial charge on any atom is 0.472 e. The number of aromatic nitrogens is 2. The topological polar surface area (TPSA) is 303 Å². The van der Waals surface area contributed by atoms with Crippen LogP contribution in [0.1, 0.15) is 83.4 Å². The van der Waals surface area contributed by atoms with Gasteiger partial charge in [-0.3, -0.25) is 37.8 Å². The van der Waals surface area contributed by atoms with Gasteiger partial charge in [0.15, 0.2) is 0 Å². The first-order valence-electron chi connectivity index (χ1n) is 21.7. The molecule has 0 spiro atoms. The molecule has 0 saturated carbocycles. The van der Waals surface area contributed by atoms with Crippen LogP contribution in [-0.2, 0) is 64.7 Å². The Bertz CT molecular complexity index is 1810. The minimum absolute atomic E-state index is 0.0626. The molecule has 9 N–H and O–H groups in total. The summed E-state index contributed by atoms with van der Waals surface area (Å²) in [5.41, 5.74) is 7.16. The number of amides is 6. The zero-order valence-electron chi connectivity index (χ0n) is 37.2. The van der Waals surface area contributed by atoms with Crippen molar-refractivity contribution < 1.29 is 61.9 Å². The maximum atomic E-state index is 13.9. The van der Waals surface area contributed by atoms with Gasteiger partial charge in [0.1, 0.15) is 30.2 Å². The first kappa shape index (κ1) is 53.6. The number of carbonyl (C=O) groups is 6. The molecule has 3 rings (SSSR count). The second-order valence-electron chi connectivity index (χ2n) is 16.0. The number of aliphatic hydroxyl groups excluding tert-OH is 1. The van der Waals surface area contributed by atoms with Gasteiger partial charge in [-0.15, -0.1) is 0 Å². The minimum atomic E-state index is -4.72. The third-order valence-corrected chi connectivity index (χ3v) is 11.5. The zero-order valence-corrected chi connectivity index (χ0v) is 38.1. The van der Waals surface area contributed by atoms with Crippen LogP contribution < -0.4 is 27.0 Å². The predicted molar refractivity (Wildman–Crippen MR) is 233 cm³/mol. The molecular weight excluding hydrogens is 855 g/mol. The Morgan fingerprint density at radius 3 is 2.25 bits per heavy atom. The van der Waals surface area contributed by atoms with Crippen molar-refractivity contribution in [2.24, 2.45) is 11.7 Å². The Labute approximate surface area is 374 Å². The molecule has 22 heteroatoms. The number of primary amides is 1. The molecule has 21 nitrogen and oxygen atoms in total. The molecule has 0 radical (unpaired) electrons. The number of benzene rings is 1. The van der Waals surface area contributed by atoms with Crippen LogP contribution in [0.3, 0.4) is 0 Å². The second kappa shape index (κ2) is 28.2. The fourth-order valence-electron chi connectivity index (χ4n) is 7.00. The molecule has 1 unspecified atom stereocenters. The highest BCUT2D eigenvalue weighted by Gasteiger charge is 2.38. The number of rotatable bonds is 31. The van der Waals surface area contributed by atoms with Crippen molar-refractivity contribution in [2.45, 2.75) is 121 Å². The van der Waals surface area contributed by atoms with Crippen LogP contribution in [0.25, 0.3) is 0 Å². The first-order chi connectivity index (χ1) is 30.5. The van der Waals surface area contributed by atoms with Crippen molar-refractivity contribution in [3.8, 4) is 0 Å². The third kappa shape index (κ3) is 19.1. The molecule has 2 heterocycles. The van der Waals surface area contributed by atoms with E-state index in [9.17, 15) is 43.3 Å². The fourth-order valence-corrected chi connectivity index (χ4v) is 7.97. The van der Waals surface area contributed by atoms with Crippen molar-refractivity contribution >= 4 is 43.3 Å². The van der Waals surface area contributed by atoms with Gasteiger partial charge in [-0.25, -0.2) is 9.55 Å². The largest absolute Gasteiger partial charge is 0.472 e. The average Bonchev–Trinajstić information content (AvgIpc) is 3.97. The third-order valence-electron chi connectivity index (χ3n) is 10.4. The Kier molecular flexibility index (Phi) is 23.6. The number of unbranched alkanes of at least 4 members (excludes halogenated alkanes) is 3. The van der Waals surface area contributed by atoms with E-state index in [1.54, 1.807) is 0 Å². The first-order valence-corrected chi connectivity index (χ1v) is 23.2. The number of methoxy groups -OCH3 is 1. The highest BCUT2D eigenvalue weighted by Crippen LogP contribution is 2.45. The van der Waals surface area contributed by atoms with Gasteiger partial charge in [0.25, 0.3) is 0 Å². The molecule has 0 aliphatic carbocycles. The SMILES string of the molecule is COCCOCCC(=O)N1CCC[C@H]1C(=O)N[C@@H](CC(C)C)C(=O)N[C@@H](Cc1cnc[nH]1)C(=O)N[C@@H](CO)C(=O)N[C@H](C(N)=O)[C@@H](C)OP(=O)(O)OCCCCCCc1ccccc1. The summed E-state index contributed by atoms with van der Waals surface area (Å²) >= 11 is 0. The normalized spacial score (nSPS) is 17.1. The van der Waals surface area contributed by atoms with Crippen LogP contribution in [0.15, 0.2) is 42.9 Å². The zero-order chi connectivity index (χ0) is 47.1. The monoisotopic (exact) mass is 922 g/mol. The van der Waals surface area contributed by atoms with Crippen molar-refractivity contribution in [1.82, 2.24) is 36.1 Å². The van der Waals surface area contributed by atoms with E-state index in [1.807, 2.05) is 44.2 Å². The van der Waals surface area contributed by atoms with E-state index in [-0.39, 0.29) is 44.3 Å². The van der Waals surface area contributed by atoms with E-state index in [0.717, 1.165) is 25.7 Å². The second-order valence-corrected chi connectivity index (χ2v) is 17.4. The quantitative estimate of drug-likeness (QED) is 0.0383. The van der Waals surface area contributed by atoms with Gasteiger partial charge >= 0.3 is 7.82 Å². The average molecular weight is 923 g/mol. The molecule has 358 valence electrons. The van der Waals surface area contributed by atoms with E-state index in [1.165, 1.54) is 37.0 Å². The molecule has 2 aromatic rings. The van der Waals surface area contributed by atoms with E-state index in [4.69, 9.17) is 24.3 Å². The van der Waals surface area contributed by atoms with E-state index in [0.29, 0.717) is 44.7 Å². The number of hydrogen-bond acceptors (Lipinski definition) is 13. The summed E-state index contributed by atoms with van der Waals surface area (Å²) in [7, 11) is -3.19. The molecule has 1 aromatic heterocycles. The highest BCUT2D eigenvalue weighted by molar-refractivity contribution is 7.47. The number of carbonyl (C=O) groups excluding carboxylic acids is 6. The minimum Gasteiger partial charge on any atom is -0.394 e. The number of aryl methyl sites for hydroxylation is 1. The van der Waals surface area contributed by atoms with Gasteiger partial charge in [0, 0.05) is 32.0 Å². The van der Waals surface area contributed by atoms with E-state index >= 15 is 0 Å². The van der Waals surface area contributed by atoms with Gasteiger partial charge in [-0.1, -0.05) is 57.0 Å². The number of hydrogen-bond donors (Lipinski definition) is 8. The molecule has 1 fully saturated rings. The number of aliphatic hydroxyl groups is 1. The lowest BCUT2D eigenvalue weighted by molar-refractivity contribution is -0.140. The summed E-state index contributed by atoms with van der Waals surface area (Å²) in [6.45, 7) is 5.03. The Morgan fingerprint density at radius 1 is 0.906 bits per heavy atom. The van der Waals surface area contributed by atoms with Crippen LogP contribution >= 0.6 is 7.82 Å². The summed E-state index contributed by atoms with van der Waals surface area (Å²) in [4.78, 5) is 98.8.